The topological polar surface area (TPSA) is 73.1 Å². The molecule has 0 bridgehead atoms. The number of anilines is 3. The van der Waals surface area contributed by atoms with Crippen LogP contribution in [0.1, 0.15) is 25.6 Å². The van der Waals surface area contributed by atoms with Crippen LogP contribution in [0.25, 0.3) is 0 Å². The molecule has 0 saturated heterocycles. The molecular weight excluding hydrogens is 276 g/mol. The maximum absolute atomic E-state index is 6.00. The predicted octanol–water partition coefficient (Wildman–Crippen LogP) is 3.59. The smallest absolute Gasteiger partial charge is 0.142 e. The summed E-state index contributed by atoms with van der Waals surface area (Å²) >= 11 is 6.00. The normalized spacial score (nSPS) is 10.7. The van der Waals surface area contributed by atoms with E-state index in [0.29, 0.717) is 28.2 Å². The zero-order valence-electron chi connectivity index (χ0n) is 11.6. The molecule has 20 heavy (non-hydrogen) atoms. The summed E-state index contributed by atoms with van der Waals surface area (Å²) in [6, 6.07) is 7.00. The van der Waals surface area contributed by atoms with E-state index in [1.165, 1.54) is 0 Å². The van der Waals surface area contributed by atoms with Crippen molar-refractivity contribution in [2.24, 2.45) is 0 Å². The first kappa shape index (κ1) is 14.4. The van der Waals surface area contributed by atoms with Crippen LogP contribution in [-0.4, -0.2) is 17.1 Å². The summed E-state index contributed by atoms with van der Waals surface area (Å²) in [7, 11) is 1.60. The highest BCUT2D eigenvalue weighted by Gasteiger charge is 2.09. The van der Waals surface area contributed by atoms with Crippen LogP contribution in [0.3, 0.4) is 0 Å². The minimum atomic E-state index is 0.195. The summed E-state index contributed by atoms with van der Waals surface area (Å²) in [5.74, 6) is 2.60. The lowest BCUT2D eigenvalue weighted by molar-refractivity contribution is 0.417. The highest BCUT2D eigenvalue weighted by atomic mass is 35.5. The summed E-state index contributed by atoms with van der Waals surface area (Å²) < 4.78 is 5.28. The van der Waals surface area contributed by atoms with Gasteiger partial charge in [0.25, 0.3) is 0 Å². The van der Waals surface area contributed by atoms with Gasteiger partial charge in [-0.05, 0) is 18.2 Å². The molecule has 0 fully saturated rings. The zero-order valence-corrected chi connectivity index (χ0v) is 12.4. The monoisotopic (exact) mass is 292 g/mol. The lowest BCUT2D eigenvalue weighted by Gasteiger charge is -2.13. The molecule has 0 unspecified atom stereocenters. The number of benzene rings is 1. The number of nitrogen functional groups attached to an aromatic ring is 1. The molecule has 2 aromatic rings. The van der Waals surface area contributed by atoms with Crippen molar-refractivity contribution >= 4 is 28.9 Å². The largest absolute Gasteiger partial charge is 0.495 e. The molecule has 1 heterocycles. The van der Waals surface area contributed by atoms with E-state index in [9.17, 15) is 0 Å². The molecule has 6 heteroatoms. The molecule has 5 nitrogen and oxygen atoms in total. The van der Waals surface area contributed by atoms with E-state index in [0.717, 1.165) is 5.69 Å². The number of halogens is 1. The Morgan fingerprint density at radius 1 is 1.25 bits per heavy atom. The fourth-order valence-electron chi connectivity index (χ4n) is 1.72. The summed E-state index contributed by atoms with van der Waals surface area (Å²) in [5, 5.41) is 3.77. The van der Waals surface area contributed by atoms with Gasteiger partial charge in [-0.15, -0.1) is 0 Å². The van der Waals surface area contributed by atoms with Gasteiger partial charge in [0, 0.05) is 17.0 Å². The number of nitrogens with zero attached hydrogens (tertiary/aromatic N) is 2. The van der Waals surface area contributed by atoms with E-state index in [4.69, 9.17) is 22.1 Å². The van der Waals surface area contributed by atoms with Crippen LogP contribution in [0.2, 0.25) is 5.02 Å². The van der Waals surface area contributed by atoms with Gasteiger partial charge in [0.05, 0.1) is 12.8 Å². The first-order valence-corrected chi connectivity index (χ1v) is 6.62. The number of aromatic nitrogens is 2. The minimum absolute atomic E-state index is 0.195. The van der Waals surface area contributed by atoms with Crippen LogP contribution in [0.15, 0.2) is 24.3 Å². The second kappa shape index (κ2) is 5.96. The lowest BCUT2D eigenvalue weighted by Crippen LogP contribution is -2.05. The van der Waals surface area contributed by atoms with E-state index < -0.39 is 0 Å². The molecule has 1 aromatic carbocycles. The maximum Gasteiger partial charge on any atom is 0.142 e. The highest BCUT2D eigenvalue weighted by Crippen LogP contribution is 2.30. The quantitative estimate of drug-likeness (QED) is 0.901. The first-order valence-electron chi connectivity index (χ1n) is 6.24. The second-order valence-electron chi connectivity index (χ2n) is 4.66. The third-order valence-electron chi connectivity index (χ3n) is 2.70. The number of nitrogens with two attached hydrogens (primary N) is 1. The van der Waals surface area contributed by atoms with Gasteiger partial charge in [-0.1, -0.05) is 25.4 Å². The Labute approximate surface area is 123 Å². The van der Waals surface area contributed by atoms with Crippen molar-refractivity contribution in [1.82, 2.24) is 9.97 Å². The number of ether oxygens (including phenoxy) is 1. The van der Waals surface area contributed by atoms with E-state index in [-0.39, 0.29) is 5.92 Å². The second-order valence-corrected chi connectivity index (χ2v) is 5.10. The molecule has 1 aromatic heterocycles. The number of rotatable bonds is 4. The zero-order chi connectivity index (χ0) is 14.7. The van der Waals surface area contributed by atoms with Gasteiger partial charge in [-0.3, -0.25) is 0 Å². The van der Waals surface area contributed by atoms with Crippen LogP contribution in [0, 0.1) is 0 Å². The third kappa shape index (κ3) is 3.30. The van der Waals surface area contributed by atoms with Crippen LogP contribution in [-0.2, 0) is 0 Å². The van der Waals surface area contributed by atoms with Gasteiger partial charge >= 0.3 is 0 Å². The van der Waals surface area contributed by atoms with Crippen molar-refractivity contribution in [1.29, 1.82) is 0 Å². The number of hydrogen-bond donors (Lipinski definition) is 2. The molecule has 3 N–H and O–H groups in total. The molecule has 0 radical (unpaired) electrons. The first-order chi connectivity index (χ1) is 9.49. The molecule has 0 aliphatic carbocycles. The standard InChI is InChI=1S/C14H17ClN4O/c1-8(2)14-18-12(16)7-13(19-14)17-10-6-9(15)4-5-11(10)20-3/h4-8H,1-3H3,(H3,16,17,18,19). The number of nitrogens with one attached hydrogen (secondary N) is 1. The van der Waals surface area contributed by atoms with Crippen molar-refractivity contribution < 1.29 is 4.74 Å². The molecule has 0 spiro atoms. The summed E-state index contributed by atoms with van der Waals surface area (Å²) in [6.45, 7) is 4.02. The van der Waals surface area contributed by atoms with Crippen molar-refractivity contribution in [3.05, 3.63) is 35.1 Å². The average molecular weight is 293 g/mol. The third-order valence-corrected chi connectivity index (χ3v) is 2.94. The average Bonchev–Trinajstić information content (AvgIpc) is 2.38. The molecule has 0 aliphatic rings. The fraction of sp³-hybridized carbons (Fsp3) is 0.286. The van der Waals surface area contributed by atoms with E-state index in [1.807, 2.05) is 13.8 Å². The molecule has 0 saturated carbocycles. The van der Waals surface area contributed by atoms with E-state index >= 15 is 0 Å². The Morgan fingerprint density at radius 3 is 2.65 bits per heavy atom. The predicted molar refractivity (Wildman–Crippen MR) is 81.8 cm³/mol. The Morgan fingerprint density at radius 2 is 2.00 bits per heavy atom. The summed E-state index contributed by atoms with van der Waals surface area (Å²) in [4.78, 5) is 8.64. The minimum Gasteiger partial charge on any atom is -0.495 e. The molecule has 106 valence electrons. The van der Waals surface area contributed by atoms with Crippen LogP contribution in [0.4, 0.5) is 17.3 Å². The van der Waals surface area contributed by atoms with Gasteiger partial charge in [0.1, 0.15) is 23.2 Å². The Hall–Kier alpha value is -2.01. The summed E-state index contributed by atoms with van der Waals surface area (Å²) in [5.41, 5.74) is 6.53. The van der Waals surface area contributed by atoms with Gasteiger partial charge in [0.2, 0.25) is 0 Å². The molecule has 0 atom stereocenters. The van der Waals surface area contributed by atoms with E-state index in [2.05, 4.69) is 15.3 Å². The van der Waals surface area contributed by atoms with Gasteiger partial charge in [0.15, 0.2) is 0 Å². The highest BCUT2D eigenvalue weighted by molar-refractivity contribution is 6.31. The van der Waals surface area contributed by atoms with Crippen LogP contribution < -0.4 is 15.8 Å². The Bertz CT molecular complexity index is 616. The van der Waals surface area contributed by atoms with Gasteiger partial charge in [-0.25, -0.2) is 9.97 Å². The van der Waals surface area contributed by atoms with E-state index in [1.54, 1.807) is 31.4 Å². The molecule has 0 aliphatic heterocycles. The number of methoxy groups -OCH3 is 1. The van der Waals surface area contributed by atoms with Crippen molar-refractivity contribution in [2.45, 2.75) is 19.8 Å². The maximum atomic E-state index is 6.00. The van der Waals surface area contributed by atoms with Gasteiger partial charge in [-0.2, -0.15) is 0 Å². The Kier molecular flexibility index (Phi) is 4.29. The lowest BCUT2D eigenvalue weighted by atomic mass is 10.2. The molecule has 0 amide bonds. The molecular formula is C14H17ClN4O. The van der Waals surface area contributed by atoms with Crippen LogP contribution in [0.5, 0.6) is 5.75 Å². The van der Waals surface area contributed by atoms with Crippen molar-refractivity contribution in [2.75, 3.05) is 18.2 Å². The van der Waals surface area contributed by atoms with Gasteiger partial charge < -0.3 is 15.8 Å². The SMILES string of the molecule is COc1ccc(Cl)cc1Nc1cc(N)nc(C(C)C)n1. The summed E-state index contributed by atoms with van der Waals surface area (Å²) in [6.07, 6.45) is 0. The fourth-order valence-corrected chi connectivity index (χ4v) is 1.90. The van der Waals surface area contributed by atoms with Crippen molar-refractivity contribution in [3.63, 3.8) is 0 Å². The number of hydrogen-bond acceptors (Lipinski definition) is 5. The Balaban J connectivity index is 2.37. The molecule has 2 rings (SSSR count). The van der Waals surface area contributed by atoms with Crippen molar-refractivity contribution in [3.8, 4) is 5.75 Å². The van der Waals surface area contributed by atoms with Crippen LogP contribution >= 0.6 is 11.6 Å².